The van der Waals surface area contributed by atoms with E-state index in [4.69, 9.17) is 4.42 Å². The molecule has 0 aliphatic carbocycles. The van der Waals surface area contributed by atoms with Gasteiger partial charge in [0.15, 0.2) is 0 Å². The van der Waals surface area contributed by atoms with Crippen molar-refractivity contribution >= 4 is 12.0 Å². The summed E-state index contributed by atoms with van der Waals surface area (Å²) in [5.41, 5.74) is 1.08. The smallest absolute Gasteiger partial charge is 0.244 e. The lowest BCUT2D eigenvalue weighted by molar-refractivity contribution is -0.117. The van der Waals surface area contributed by atoms with E-state index in [0.29, 0.717) is 5.76 Å². The summed E-state index contributed by atoms with van der Waals surface area (Å²) in [6.45, 7) is 3.83. The van der Waals surface area contributed by atoms with Crippen LogP contribution in [0.15, 0.2) is 53.0 Å². The lowest BCUT2D eigenvalue weighted by atomic mass is 10.1. The Kier molecular flexibility index (Phi) is 4.18. The third-order valence-corrected chi connectivity index (χ3v) is 2.82. The molecule has 3 heteroatoms. The molecular weight excluding hydrogens is 238 g/mol. The zero-order chi connectivity index (χ0) is 13.7. The fraction of sp³-hybridized carbons (Fsp3) is 0.188. The van der Waals surface area contributed by atoms with Crippen LogP contribution in [0.3, 0.4) is 0 Å². The number of amides is 1. The Morgan fingerprint density at radius 1 is 1.21 bits per heavy atom. The van der Waals surface area contributed by atoms with Gasteiger partial charge in [0.2, 0.25) is 5.91 Å². The molecule has 98 valence electrons. The quantitative estimate of drug-likeness (QED) is 0.850. The third-order valence-electron chi connectivity index (χ3n) is 2.82. The summed E-state index contributed by atoms with van der Waals surface area (Å²) in [5.74, 6) is 1.38. The second-order valence-electron chi connectivity index (χ2n) is 4.42. The maximum Gasteiger partial charge on any atom is 0.244 e. The second kappa shape index (κ2) is 6.05. The van der Waals surface area contributed by atoms with Gasteiger partial charge in [-0.2, -0.15) is 0 Å². The van der Waals surface area contributed by atoms with Crippen LogP contribution >= 0.6 is 0 Å². The minimum atomic E-state index is -0.134. The van der Waals surface area contributed by atoms with Crippen molar-refractivity contribution in [1.82, 2.24) is 5.32 Å². The zero-order valence-corrected chi connectivity index (χ0v) is 11.1. The summed E-state index contributed by atoms with van der Waals surface area (Å²) in [5, 5.41) is 2.91. The maximum atomic E-state index is 11.8. The Balaban J connectivity index is 1.93. The molecule has 0 aliphatic heterocycles. The second-order valence-corrected chi connectivity index (χ2v) is 4.42. The van der Waals surface area contributed by atoms with Crippen LogP contribution in [0.1, 0.15) is 30.0 Å². The van der Waals surface area contributed by atoms with E-state index in [-0.39, 0.29) is 11.9 Å². The molecule has 0 aliphatic rings. The zero-order valence-electron chi connectivity index (χ0n) is 11.1. The largest absolute Gasteiger partial charge is 0.462 e. The molecular formula is C16H17NO2. The normalized spacial score (nSPS) is 12.5. The predicted octanol–water partition coefficient (Wildman–Crippen LogP) is 3.48. The summed E-state index contributed by atoms with van der Waals surface area (Å²) in [4.78, 5) is 11.8. The van der Waals surface area contributed by atoms with E-state index in [2.05, 4.69) is 5.32 Å². The number of hydrogen-bond acceptors (Lipinski definition) is 2. The van der Waals surface area contributed by atoms with E-state index < -0.39 is 0 Å². The highest BCUT2D eigenvalue weighted by Crippen LogP contribution is 2.11. The lowest BCUT2D eigenvalue weighted by Crippen LogP contribution is -2.24. The van der Waals surface area contributed by atoms with Crippen molar-refractivity contribution in [3.8, 4) is 0 Å². The summed E-state index contributed by atoms with van der Waals surface area (Å²) in [7, 11) is 0. The summed E-state index contributed by atoms with van der Waals surface area (Å²) < 4.78 is 5.36. The summed E-state index contributed by atoms with van der Waals surface area (Å²) >= 11 is 0. The molecule has 19 heavy (non-hydrogen) atoms. The van der Waals surface area contributed by atoms with Crippen LogP contribution < -0.4 is 5.32 Å². The van der Waals surface area contributed by atoms with Crippen LogP contribution in [-0.2, 0) is 4.79 Å². The molecule has 0 radical (unpaired) electrons. The van der Waals surface area contributed by atoms with E-state index in [1.807, 2.05) is 56.3 Å². The van der Waals surface area contributed by atoms with Crippen LogP contribution in [0.4, 0.5) is 0 Å². The Morgan fingerprint density at radius 3 is 2.58 bits per heavy atom. The number of carbonyl (C=O) groups is 1. The molecule has 1 amide bonds. The SMILES string of the molecule is Cc1ccc(/C=C/C(=O)N[C@@H](C)c2ccccc2)o1. The number of carbonyl (C=O) groups excluding carboxylic acids is 1. The molecule has 1 atom stereocenters. The van der Waals surface area contributed by atoms with E-state index >= 15 is 0 Å². The van der Waals surface area contributed by atoms with Crippen LogP contribution in [0.25, 0.3) is 6.08 Å². The minimum absolute atomic E-state index is 0.0170. The molecule has 1 aromatic heterocycles. The molecule has 0 unspecified atom stereocenters. The number of benzene rings is 1. The van der Waals surface area contributed by atoms with E-state index in [9.17, 15) is 4.79 Å². The van der Waals surface area contributed by atoms with Gasteiger partial charge in [0.25, 0.3) is 0 Å². The van der Waals surface area contributed by atoms with Gasteiger partial charge in [-0.1, -0.05) is 30.3 Å². The molecule has 0 fully saturated rings. The number of nitrogens with one attached hydrogen (secondary N) is 1. The molecule has 2 aromatic rings. The van der Waals surface area contributed by atoms with Crippen LogP contribution in [-0.4, -0.2) is 5.91 Å². The van der Waals surface area contributed by atoms with Crippen molar-refractivity contribution in [3.05, 3.63) is 65.6 Å². The molecule has 3 nitrogen and oxygen atoms in total. The van der Waals surface area contributed by atoms with Gasteiger partial charge in [0, 0.05) is 6.08 Å². The van der Waals surface area contributed by atoms with Crippen molar-refractivity contribution in [2.24, 2.45) is 0 Å². The van der Waals surface area contributed by atoms with E-state index in [0.717, 1.165) is 11.3 Å². The van der Waals surface area contributed by atoms with Gasteiger partial charge in [-0.3, -0.25) is 4.79 Å². The fourth-order valence-corrected chi connectivity index (χ4v) is 1.79. The van der Waals surface area contributed by atoms with Crippen LogP contribution in [0.2, 0.25) is 0 Å². The van der Waals surface area contributed by atoms with Gasteiger partial charge in [-0.05, 0) is 37.6 Å². The Bertz CT molecular complexity index is 569. The first kappa shape index (κ1) is 13.1. The number of hydrogen-bond donors (Lipinski definition) is 1. The third kappa shape index (κ3) is 3.85. The lowest BCUT2D eigenvalue weighted by Gasteiger charge is -2.12. The van der Waals surface area contributed by atoms with Crippen molar-refractivity contribution < 1.29 is 9.21 Å². The molecule has 0 saturated heterocycles. The van der Waals surface area contributed by atoms with Crippen molar-refractivity contribution in [1.29, 1.82) is 0 Å². The van der Waals surface area contributed by atoms with Gasteiger partial charge in [-0.15, -0.1) is 0 Å². The maximum absolute atomic E-state index is 11.8. The highest BCUT2D eigenvalue weighted by Gasteiger charge is 2.06. The van der Waals surface area contributed by atoms with Crippen molar-refractivity contribution in [3.63, 3.8) is 0 Å². The van der Waals surface area contributed by atoms with Gasteiger partial charge < -0.3 is 9.73 Å². The number of aryl methyl sites for hydroxylation is 1. The first-order valence-corrected chi connectivity index (χ1v) is 6.25. The van der Waals surface area contributed by atoms with Crippen LogP contribution in [0.5, 0.6) is 0 Å². The van der Waals surface area contributed by atoms with Gasteiger partial charge in [0.05, 0.1) is 6.04 Å². The predicted molar refractivity (Wildman–Crippen MR) is 75.5 cm³/mol. The first-order chi connectivity index (χ1) is 9.15. The molecule has 1 aromatic carbocycles. The monoisotopic (exact) mass is 255 g/mol. The minimum Gasteiger partial charge on any atom is -0.462 e. The van der Waals surface area contributed by atoms with Gasteiger partial charge in [-0.25, -0.2) is 0 Å². The van der Waals surface area contributed by atoms with Crippen LogP contribution in [0, 0.1) is 6.92 Å². The van der Waals surface area contributed by atoms with Crippen molar-refractivity contribution in [2.45, 2.75) is 19.9 Å². The Morgan fingerprint density at radius 2 is 1.95 bits per heavy atom. The Hall–Kier alpha value is -2.29. The highest BCUT2D eigenvalue weighted by molar-refractivity contribution is 5.91. The first-order valence-electron chi connectivity index (χ1n) is 6.25. The standard InChI is InChI=1S/C16H17NO2/c1-12-8-9-15(19-12)10-11-16(18)17-13(2)14-6-4-3-5-7-14/h3-11,13H,1-2H3,(H,17,18)/b11-10+/t13-/m0/s1. The van der Waals surface area contributed by atoms with E-state index in [1.165, 1.54) is 6.08 Å². The number of rotatable bonds is 4. The average molecular weight is 255 g/mol. The topological polar surface area (TPSA) is 42.2 Å². The molecule has 1 N–H and O–H groups in total. The molecule has 0 saturated carbocycles. The van der Waals surface area contributed by atoms with Gasteiger partial charge in [0.1, 0.15) is 11.5 Å². The van der Waals surface area contributed by atoms with Gasteiger partial charge >= 0.3 is 0 Å². The highest BCUT2D eigenvalue weighted by atomic mass is 16.3. The summed E-state index contributed by atoms with van der Waals surface area (Å²) in [6.07, 6.45) is 3.15. The fourth-order valence-electron chi connectivity index (χ4n) is 1.79. The van der Waals surface area contributed by atoms with E-state index in [1.54, 1.807) is 6.08 Å². The van der Waals surface area contributed by atoms with Crippen molar-refractivity contribution in [2.75, 3.05) is 0 Å². The average Bonchev–Trinajstić information content (AvgIpc) is 2.83. The summed E-state index contributed by atoms with van der Waals surface area (Å²) in [6, 6.07) is 13.5. The molecule has 0 spiro atoms. The molecule has 2 rings (SSSR count). The number of furan rings is 1. The molecule has 1 heterocycles. The molecule has 0 bridgehead atoms. The Labute approximate surface area is 112 Å².